The number of aliphatic carboxylic acids is 1. The van der Waals surface area contributed by atoms with Gasteiger partial charge in [-0.25, -0.2) is 9.78 Å². The number of imidazole rings is 1. The maximum atomic E-state index is 12.2. The maximum absolute atomic E-state index is 12.2. The molecule has 1 aliphatic rings. The molecule has 2 N–H and O–H groups in total. The SMILES string of the molecule is O=C(O)CC1CCCCN1C(=O)NCCCn1ccnc1. The summed E-state index contributed by atoms with van der Waals surface area (Å²) >= 11 is 0. The van der Waals surface area contributed by atoms with Crippen LogP contribution in [-0.4, -0.2) is 50.7 Å². The predicted molar refractivity (Wildman–Crippen MR) is 76.8 cm³/mol. The molecule has 7 heteroatoms. The minimum atomic E-state index is -0.847. The number of carboxylic acid groups (broad SMARTS) is 1. The number of aromatic nitrogens is 2. The average molecular weight is 294 g/mol. The van der Waals surface area contributed by atoms with E-state index >= 15 is 0 Å². The minimum absolute atomic E-state index is 0.0302. The van der Waals surface area contributed by atoms with Gasteiger partial charge >= 0.3 is 12.0 Å². The summed E-state index contributed by atoms with van der Waals surface area (Å²) in [5.74, 6) is -0.847. The van der Waals surface area contributed by atoms with E-state index in [0.29, 0.717) is 13.1 Å². The number of nitrogens with one attached hydrogen (secondary N) is 1. The average Bonchev–Trinajstić information content (AvgIpc) is 2.96. The molecule has 1 aromatic rings. The van der Waals surface area contributed by atoms with E-state index in [9.17, 15) is 9.59 Å². The topological polar surface area (TPSA) is 87.5 Å². The standard InChI is InChI=1S/C14H22N4O3/c19-13(20)10-12-4-1-2-8-18(12)14(21)16-5-3-7-17-9-6-15-11-17/h6,9,11-12H,1-5,7-8,10H2,(H,16,21)(H,19,20). The van der Waals surface area contributed by atoms with E-state index in [0.717, 1.165) is 32.2 Å². The molecule has 2 heterocycles. The Hall–Kier alpha value is -2.05. The number of piperidine rings is 1. The number of aryl methyl sites for hydroxylation is 1. The molecule has 2 rings (SSSR count). The first-order valence-corrected chi connectivity index (χ1v) is 7.39. The van der Waals surface area contributed by atoms with Gasteiger partial charge in [0.1, 0.15) is 0 Å². The van der Waals surface area contributed by atoms with Crippen LogP contribution in [0.15, 0.2) is 18.7 Å². The van der Waals surface area contributed by atoms with Gasteiger partial charge in [-0.3, -0.25) is 4.79 Å². The molecule has 0 bridgehead atoms. The van der Waals surface area contributed by atoms with Crippen LogP contribution in [0.3, 0.4) is 0 Å². The highest BCUT2D eigenvalue weighted by atomic mass is 16.4. The van der Waals surface area contributed by atoms with Gasteiger partial charge in [-0.1, -0.05) is 0 Å². The van der Waals surface area contributed by atoms with Crippen molar-refractivity contribution in [1.29, 1.82) is 0 Å². The molecule has 116 valence electrons. The fourth-order valence-corrected chi connectivity index (χ4v) is 2.66. The molecule has 0 saturated carbocycles. The second kappa shape index (κ2) is 7.66. The van der Waals surface area contributed by atoms with Gasteiger partial charge in [-0.15, -0.1) is 0 Å². The van der Waals surface area contributed by atoms with Crippen LogP contribution in [0.4, 0.5) is 4.79 Å². The van der Waals surface area contributed by atoms with Crippen molar-refractivity contribution in [2.24, 2.45) is 0 Å². The molecule has 1 fully saturated rings. The molecule has 2 amide bonds. The molecule has 1 aromatic heterocycles. The summed E-state index contributed by atoms with van der Waals surface area (Å²) in [6.07, 6.45) is 8.91. The Kier molecular flexibility index (Phi) is 5.59. The summed E-state index contributed by atoms with van der Waals surface area (Å²) in [4.78, 5) is 28.6. The molecule has 1 atom stereocenters. The normalized spacial score (nSPS) is 18.5. The van der Waals surface area contributed by atoms with Crippen LogP contribution < -0.4 is 5.32 Å². The Labute approximate surface area is 124 Å². The first-order valence-electron chi connectivity index (χ1n) is 7.39. The Balaban J connectivity index is 1.73. The Morgan fingerprint density at radius 3 is 2.95 bits per heavy atom. The number of carbonyl (C=O) groups excluding carboxylic acids is 1. The molecule has 1 aliphatic heterocycles. The number of carboxylic acids is 1. The van der Waals surface area contributed by atoms with E-state index in [1.165, 1.54) is 0 Å². The van der Waals surface area contributed by atoms with Crippen molar-refractivity contribution in [2.45, 2.75) is 44.7 Å². The lowest BCUT2D eigenvalue weighted by molar-refractivity contribution is -0.138. The summed E-state index contributed by atoms with van der Waals surface area (Å²) in [5.41, 5.74) is 0. The van der Waals surface area contributed by atoms with Crippen molar-refractivity contribution in [3.8, 4) is 0 Å². The molecule has 1 saturated heterocycles. The Morgan fingerprint density at radius 1 is 1.38 bits per heavy atom. The monoisotopic (exact) mass is 294 g/mol. The van der Waals surface area contributed by atoms with Crippen LogP contribution >= 0.6 is 0 Å². The number of nitrogens with zero attached hydrogens (tertiary/aromatic N) is 3. The smallest absolute Gasteiger partial charge is 0.317 e. The predicted octanol–water partition coefficient (Wildman–Crippen LogP) is 1.31. The second-order valence-electron chi connectivity index (χ2n) is 5.33. The van der Waals surface area contributed by atoms with Crippen molar-refractivity contribution in [3.63, 3.8) is 0 Å². The molecule has 0 radical (unpaired) electrons. The lowest BCUT2D eigenvalue weighted by Gasteiger charge is -2.34. The summed E-state index contributed by atoms with van der Waals surface area (Å²) < 4.78 is 1.96. The summed E-state index contributed by atoms with van der Waals surface area (Å²) in [6, 6.07) is -0.323. The van der Waals surface area contributed by atoms with E-state index in [-0.39, 0.29) is 18.5 Å². The summed E-state index contributed by atoms with van der Waals surface area (Å²) in [5, 5.41) is 11.8. The number of urea groups is 1. The number of carbonyl (C=O) groups is 2. The van der Waals surface area contributed by atoms with Crippen LogP contribution in [0.1, 0.15) is 32.1 Å². The van der Waals surface area contributed by atoms with Crippen LogP contribution in [-0.2, 0) is 11.3 Å². The third-order valence-electron chi connectivity index (χ3n) is 3.73. The zero-order valence-electron chi connectivity index (χ0n) is 12.1. The zero-order valence-corrected chi connectivity index (χ0v) is 12.1. The third kappa shape index (κ3) is 4.77. The Morgan fingerprint density at radius 2 is 2.24 bits per heavy atom. The van der Waals surface area contributed by atoms with Crippen molar-refractivity contribution in [3.05, 3.63) is 18.7 Å². The molecule has 7 nitrogen and oxygen atoms in total. The van der Waals surface area contributed by atoms with Crippen molar-refractivity contribution in [2.75, 3.05) is 13.1 Å². The van der Waals surface area contributed by atoms with Gasteiger partial charge in [0.25, 0.3) is 0 Å². The number of rotatable bonds is 6. The largest absolute Gasteiger partial charge is 0.481 e. The van der Waals surface area contributed by atoms with Crippen molar-refractivity contribution >= 4 is 12.0 Å². The van der Waals surface area contributed by atoms with Gasteiger partial charge in [-0.05, 0) is 25.7 Å². The van der Waals surface area contributed by atoms with Gasteiger partial charge < -0.3 is 19.9 Å². The van der Waals surface area contributed by atoms with E-state index in [1.54, 1.807) is 17.4 Å². The number of amides is 2. The lowest BCUT2D eigenvalue weighted by atomic mass is 10.00. The number of likely N-dealkylation sites (tertiary alicyclic amines) is 1. The zero-order chi connectivity index (χ0) is 15.1. The highest BCUT2D eigenvalue weighted by Crippen LogP contribution is 2.19. The van der Waals surface area contributed by atoms with Crippen LogP contribution in [0.5, 0.6) is 0 Å². The van der Waals surface area contributed by atoms with Crippen molar-refractivity contribution in [1.82, 2.24) is 19.8 Å². The molecular weight excluding hydrogens is 272 g/mol. The fraction of sp³-hybridized carbons (Fsp3) is 0.643. The quantitative estimate of drug-likeness (QED) is 0.774. The van der Waals surface area contributed by atoms with Gasteiger partial charge in [0.15, 0.2) is 0 Å². The van der Waals surface area contributed by atoms with E-state index in [1.807, 2.05) is 10.8 Å². The number of hydrogen-bond donors (Lipinski definition) is 2. The molecule has 1 unspecified atom stereocenters. The highest BCUT2D eigenvalue weighted by Gasteiger charge is 2.28. The lowest BCUT2D eigenvalue weighted by Crippen LogP contribution is -2.49. The Bertz CT molecular complexity index is 461. The molecule has 0 aromatic carbocycles. The third-order valence-corrected chi connectivity index (χ3v) is 3.73. The first kappa shape index (κ1) is 15.3. The van der Waals surface area contributed by atoms with Crippen molar-refractivity contribution < 1.29 is 14.7 Å². The van der Waals surface area contributed by atoms with Gasteiger partial charge in [0.05, 0.1) is 12.7 Å². The molecular formula is C14H22N4O3. The second-order valence-corrected chi connectivity index (χ2v) is 5.33. The van der Waals surface area contributed by atoms with Crippen LogP contribution in [0.25, 0.3) is 0 Å². The van der Waals surface area contributed by atoms with E-state index < -0.39 is 5.97 Å². The maximum Gasteiger partial charge on any atom is 0.317 e. The van der Waals surface area contributed by atoms with Crippen LogP contribution in [0.2, 0.25) is 0 Å². The van der Waals surface area contributed by atoms with E-state index in [2.05, 4.69) is 10.3 Å². The minimum Gasteiger partial charge on any atom is -0.481 e. The van der Waals surface area contributed by atoms with Gasteiger partial charge in [-0.2, -0.15) is 0 Å². The first-order chi connectivity index (χ1) is 10.2. The molecule has 0 spiro atoms. The van der Waals surface area contributed by atoms with Gasteiger partial charge in [0.2, 0.25) is 0 Å². The molecule has 0 aliphatic carbocycles. The number of hydrogen-bond acceptors (Lipinski definition) is 3. The molecule has 21 heavy (non-hydrogen) atoms. The summed E-state index contributed by atoms with van der Waals surface area (Å²) in [6.45, 7) is 2.03. The fourth-order valence-electron chi connectivity index (χ4n) is 2.66. The summed E-state index contributed by atoms with van der Waals surface area (Å²) in [7, 11) is 0. The van der Waals surface area contributed by atoms with Gasteiger partial charge in [0, 0.05) is 38.1 Å². The van der Waals surface area contributed by atoms with Crippen LogP contribution in [0, 0.1) is 0 Å². The van der Waals surface area contributed by atoms with E-state index in [4.69, 9.17) is 5.11 Å². The highest BCUT2D eigenvalue weighted by molar-refractivity contribution is 5.76.